The maximum absolute atomic E-state index is 14.2. The van der Waals surface area contributed by atoms with E-state index in [0.717, 1.165) is 21.6 Å². The zero-order valence-electron chi connectivity index (χ0n) is 21.6. The van der Waals surface area contributed by atoms with E-state index in [9.17, 15) is 24.9 Å². The average Bonchev–Trinajstić information content (AvgIpc) is 3.08. The lowest BCUT2D eigenvalue weighted by Crippen LogP contribution is -2.19. The second kappa shape index (κ2) is 8.35. The van der Waals surface area contributed by atoms with Gasteiger partial charge in [0, 0.05) is 50.0 Å². The minimum atomic E-state index is -0.449. The summed E-state index contributed by atoms with van der Waals surface area (Å²) in [6.45, 7) is 1.83. The van der Waals surface area contributed by atoms with Crippen molar-refractivity contribution >= 4 is 66.6 Å². The van der Waals surface area contributed by atoms with Crippen LogP contribution in [0.25, 0.3) is 49.2 Å². The molecule has 5 aromatic carbocycles. The molecule has 0 saturated heterocycles. The van der Waals surface area contributed by atoms with E-state index in [0.29, 0.717) is 73.2 Å². The summed E-state index contributed by atoms with van der Waals surface area (Å²) in [6, 6.07) is 1.33. The fraction of sp³-hybridized carbons (Fsp3) is 0.267. The summed E-state index contributed by atoms with van der Waals surface area (Å²) < 4.78 is 11.5. The topological polar surface area (TPSA) is 125 Å². The second-order valence-electron chi connectivity index (χ2n) is 10.1. The lowest BCUT2D eigenvalue weighted by molar-refractivity contribution is 0.280. The number of methoxy groups -OCH3 is 2. The smallest absolute Gasteiger partial charge is 0.230 e. The van der Waals surface area contributed by atoms with E-state index in [1.54, 1.807) is 11.8 Å². The molecule has 7 rings (SSSR count). The minimum Gasteiger partial charge on any atom is -0.504 e. The van der Waals surface area contributed by atoms with Crippen molar-refractivity contribution in [1.82, 2.24) is 0 Å². The third-order valence-corrected chi connectivity index (χ3v) is 9.28. The molecule has 0 bridgehead atoms. The lowest BCUT2D eigenvalue weighted by Gasteiger charge is -2.28. The first-order valence-electron chi connectivity index (χ1n) is 12.7. The molecule has 0 unspecified atom stereocenters. The molecule has 0 saturated carbocycles. The summed E-state index contributed by atoms with van der Waals surface area (Å²) in [6.07, 6.45) is 2.31. The number of rotatable bonds is 4. The fourth-order valence-corrected chi connectivity index (χ4v) is 7.86. The monoisotopic (exact) mass is 543 g/mol. The Kier molecular flexibility index (Phi) is 5.20. The molecule has 2 aliphatic rings. The summed E-state index contributed by atoms with van der Waals surface area (Å²) in [5.41, 5.74) is 3.11. The molecule has 1 aliphatic carbocycles. The first-order valence-corrected chi connectivity index (χ1v) is 13.6. The Morgan fingerprint density at radius 1 is 0.923 bits per heavy atom. The molecule has 1 aliphatic heterocycles. The zero-order chi connectivity index (χ0) is 27.3. The van der Waals surface area contributed by atoms with Gasteiger partial charge in [0.1, 0.15) is 0 Å². The van der Waals surface area contributed by atoms with E-state index >= 15 is 0 Å². The Labute approximate surface area is 226 Å². The number of nitrogens with one attached hydrogen (secondary N) is 1. The van der Waals surface area contributed by atoms with Gasteiger partial charge in [0.05, 0.1) is 43.9 Å². The summed E-state index contributed by atoms with van der Waals surface area (Å²) in [4.78, 5) is 28.5. The van der Waals surface area contributed by atoms with Gasteiger partial charge >= 0.3 is 0 Å². The Bertz CT molecular complexity index is 2050. The van der Waals surface area contributed by atoms with Crippen LogP contribution in [0.2, 0.25) is 0 Å². The summed E-state index contributed by atoms with van der Waals surface area (Å²) in [5, 5.41) is 40.3. The SMILES string of the molecule is COc1c(O)c2c(=O)cc(CO)c3c4c(CO)c5c(c6c(=O)c(OC)c7c(c(c1C=C(C)C7)c23)c64)NCCS5. The standard InChI is InChI=1S/C30H25NO7S/c1-11-6-13-18-19-14(7-11)29(38-3)27(36)24-23(19)20(15(10-33)30-25(24)31-4-5-39-30)17-12(9-32)8-16(34)21(22(17)18)26(35)28(13)37-2/h6,8,31-33,35H,4-5,7,9-10H2,1-3H3. The van der Waals surface area contributed by atoms with E-state index in [-0.39, 0.29) is 34.7 Å². The molecule has 0 spiro atoms. The molecule has 4 N–H and O–H groups in total. The molecule has 0 aromatic heterocycles. The van der Waals surface area contributed by atoms with Gasteiger partial charge in [-0.05, 0) is 41.1 Å². The quantitative estimate of drug-likeness (QED) is 0.196. The molecule has 0 amide bonds. The van der Waals surface area contributed by atoms with E-state index in [2.05, 4.69) is 5.32 Å². The van der Waals surface area contributed by atoms with E-state index in [4.69, 9.17) is 9.47 Å². The van der Waals surface area contributed by atoms with Crippen molar-refractivity contribution in [3.63, 3.8) is 0 Å². The van der Waals surface area contributed by atoms with E-state index < -0.39 is 12.0 Å². The fourth-order valence-electron chi connectivity index (χ4n) is 6.79. The number of anilines is 1. The molecule has 5 aromatic rings. The van der Waals surface area contributed by atoms with Gasteiger partial charge in [0.15, 0.2) is 22.7 Å². The number of aliphatic hydroxyl groups is 2. The first-order chi connectivity index (χ1) is 18.9. The third kappa shape index (κ3) is 2.87. The van der Waals surface area contributed by atoms with Gasteiger partial charge in [-0.15, -0.1) is 11.8 Å². The van der Waals surface area contributed by atoms with Crippen LogP contribution in [0.4, 0.5) is 5.69 Å². The van der Waals surface area contributed by atoms with Gasteiger partial charge in [-0.25, -0.2) is 0 Å². The van der Waals surface area contributed by atoms with Crippen molar-refractivity contribution in [2.24, 2.45) is 0 Å². The van der Waals surface area contributed by atoms with Crippen LogP contribution in [0.1, 0.15) is 29.2 Å². The van der Waals surface area contributed by atoms with Crippen LogP contribution >= 0.6 is 11.8 Å². The molecule has 1 heterocycles. The number of thioether (sulfide) groups is 1. The van der Waals surface area contributed by atoms with Crippen LogP contribution in [0.15, 0.2) is 26.1 Å². The van der Waals surface area contributed by atoms with Crippen LogP contribution < -0.4 is 25.6 Å². The summed E-state index contributed by atoms with van der Waals surface area (Å²) in [7, 11) is 2.93. The Morgan fingerprint density at radius 3 is 2.36 bits per heavy atom. The number of ether oxygens (including phenoxy) is 2. The Hall–Kier alpha value is -3.79. The number of aromatic hydroxyl groups is 1. The summed E-state index contributed by atoms with van der Waals surface area (Å²) in [5.74, 6) is 0.858. The highest BCUT2D eigenvalue weighted by atomic mass is 32.2. The van der Waals surface area contributed by atoms with Crippen LogP contribution in [0.5, 0.6) is 17.2 Å². The van der Waals surface area contributed by atoms with Crippen LogP contribution in [-0.4, -0.2) is 41.8 Å². The van der Waals surface area contributed by atoms with Gasteiger partial charge < -0.3 is 30.1 Å². The van der Waals surface area contributed by atoms with E-state index in [1.165, 1.54) is 20.3 Å². The Balaban J connectivity index is 2.01. The normalized spacial score (nSPS) is 14.7. The van der Waals surface area contributed by atoms with Crippen LogP contribution in [-0.2, 0) is 19.6 Å². The maximum atomic E-state index is 14.2. The predicted octanol–water partition coefficient (Wildman–Crippen LogP) is 4.08. The predicted molar refractivity (Wildman–Crippen MR) is 155 cm³/mol. The molecule has 39 heavy (non-hydrogen) atoms. The molecule has 0 radical (unpaired) electrons. The van der Waals surface area contributed by atoms with Crippen LogP contribution in [0.3, 0.4) is 0 Å². The van der Waals surface area contributed by atoms with E-state index in [1.807, 2.05) is 13.0 Å². The maximum Gasteiger partial charge on any atom is 0.230 e. The average molecular weight is 544 g/mol. The van der Waals surface area contributed by atoms with Gasteiger partial charge in [-0.2, -0.15) is 0 Å². The second-order valence-corrected chi connectivity index (χ2v) is 11.2. The van der Waals surface area contributed by atoms with Crippen LogP contribution in [0, 0.1) is 0 Å². The highest BCUT2D eigenvalue weighted by molar-refractivity contribution is 7.99. The minimum absolute atomic E-state index is 0.0769. The van der Waals surface area contributed by atoms with Crippen molar-refractivity contribution in [2.45, 2.75) is 31.5 Å². The highest BCUT2D eigenvalue weighted by Gasteiger charge is 2.34. The van der Waals surface area contributed by atoms with Crippen molar-refractivity contribution in [1.29, 1.82) is 0 Å². The number of hydrogen-bond acceptors (Lipinski definition) is 9. The number of hydrogen-bond donors (Lipinski definition) is 4. The molecule has 8 nitrogen and oxygen atoms in total. The molecule has 0 fully saturated rings. The number of benzene rings is 5. The van der Waals surface area contributed by atoms with Crippen molar-refractivity contribution < 1.29 is 24.8 Å². The number of phenolic OH excluding ortho intramolecular Hbond substituents is 1. The molecule has 9 heteroatoms. The van der Waals surface area contributed by atoms with Crippen molar-refractivity contribution in [2.75, 3.05) is 31.8 Å². The van der Waals surface area contributed by atoms with Gasteiger partial charge in [-0.3, -0.25) is 9.59 Å². The first kappa shape index (κ1) is 24.3. The van der Waals surface area contributed by atoms with Gasteiger partial charge in [0.2, 0.25) is 5.43 Å². The molecular weight excluding hydrogens is 518 g/mol. The molecule has 198 valence electrons. The zero-order valence-corrected chi connectivity index (χ0v) is 22.4. The number of allylic oxidation sites excluding steroid dienone is 1. The van der Waals surface area contributed by atoms with Crippen molar-refractivity contribution in [3.8, 4) is 17.2 Å². The number of phenols is 1. The largest absolute Gasteiger partial charge is 0.504 e. The molecular formula is C30H25NO7S. The van der Waals surface area contributed by atoms with Crippen molar-refractivity contribution in [3.05, 3.63) is 54.3 Å². The molecule has 0 atom stereocenters. The van der Waals surface area contributed by atoms with Gasteiger partial charge in [0.25, 0.3) is 0 Å². The number of aliphatic hydroxyl groups excluding tert-OH is 2. The van der Waals surface area contributed by atoms with Gasteiger partial charge in [-0.1, -0.05) is 11.6 Å². The highest BCUT2D eigenvalue weighted by Crippen LogP contribution is 2.55. The summed E-state index contributed by atoms with van der Waals surface area (Å²) >= 11 is 1.55. The lowest BCUT2D eigenvalue weighted by atomic mass is 9.81. The Morgan fingerprint density at radius 2 is 1.67 bits per heavy atom. The number of fused-ring (bicyclic) bond motifs is 3. The third-order valence-electron chi connectivity index (χ3n) is 8.13.